The lowest BCUT2D eigenvalue weighted by Gasteiger charge is -2.30. The molecule has 0 aromatic heterocycles. The Bertz CT molecular complexity index is 559. The van der Waals surface area contributed by atoms with Gasteiger partial charge in [-0.05, 0) is 18.2 Å². The van der Waals surface area contributed by atoms with E-state index < -0.39 is 0 Å². The number of carbonyl (C=O) groups is 1. The van der Waals surface area contributed by atoms with E-state index >= 15 is 0 Å². The van der Waals surface area contributed by atoms with E-state index in [4.69, 9.17) is 14.2 Å². The van der Waals surface area contributed by atoms with Crippen LogP contribution in [-0.2, 0) is 11.3 Å². The van der Waals surface area contributed by atoms with Crippen molar-refractivity contribution >= 4 is 6.03 Å². The van der Waals surface area contributed by atoms with Crippen molar-refractivity contribution in [3.8, 4) is 11.5 Å². The van der Waals surface area contributed by atoms with Gasteiger partial charge in [0.15, 0.2) is 0 Å². The van der Waals surface area contributed by atoms with Gasteiger partial charge in [-0.2, -0.15) is 0 Å². The van der Waals surface area contributed by atoms with E-state index in [0.29, 0.717) is 13.1 Å². The zero-order valence-electron chi connectivity index (χ0n) is 15.7. The van der Waals surface area contributed by atoms with Crippen LogP contribution in [0.3, 0.4) is 0 Å². The maximum atomic E-state index is 12.6. The number of morpholine rings is 1. The molecule has 25 heavy (non-hydrogen) atoms. The van der Waals surface area contributed by atoms with Crippen LogP contribution in [0, 0.1) is 0 Å². The van der Waals surface area contributed by atoms with E-state index in [9.17, 15) is 4.79 Å². The quantitative estimate of drug-likeness (QED) is 0.756. The highest BCUT2D eigenvalue weighted by Crippen LogP contribution is 2.25. The van der Waals surface area contributed by atoms with Gasteiger partial charge < -0.3 is 28.9 Å². The molecule has 2 amide bonds. The number of nitrogens with one attached hydrogen (secondary N) is 1. The Hall–Kier alpha value is -1.99. The van der Waals surface area contributed by atoms with E-state index in [-0.39, 0.29) is 6.03 Å². The normalized spacial score (nSPS) is 14.9. The van der Waals surface area contributed by atoms with E-state index in [2.05, 4.69) is 0 Å². The number of carbonyl (C=O) groups excluding carboxylic acids is 1. The molecule has 0 spiro atoms. The van der Waals surface area contributed by atoms with Crippen molar-refractivity contribution in [1.82, 2.24) is 9.80 Å². The molecule has 0 saturated carbocycles. The number of rotatable bonds is 7. The minimum atomic E-state index is -0.00228. The van der Waals surface area contributed by atoms with Gasteiger partial charge in [0.2, 0.25) is 0 Å². The molecule has 0 radical (unpaired) electrons. The van der Waals surface area contributed by atoms with Gasteiger partial charge in [0, 0.05) is 19.7 Å². The average Bonchev–Trinajstić information content (AvgIpc) is 2.65. The highest BCUT2D eigenvalue weighted by atomic mass is 16.5. The van der Waals surface area contributed by atoms with Crippen molar-refractivity contribution in [3.63, 3.8) is 0 Å². The average molecular weight is 352 g/mol. The lowest BCUT2D eigenvalue weighted by Crippen LogP contribution is -3.14. The standard InChI is InChI=1S/C18H29N3O4/c1-19(2)18(22)21(8-7-20-9-11-25-12-10-20)14-15-13-16(23-3)5-6-17(15)24-4/h5-6,13H,7-12,14H2,1-4H3/p+1. The number of benzene rings is 1. The number of ether oxygens (including phenoxy) is 3. The van der Waals surface area contributed by atoms with E-state index in [1.807, 2.05) is 23.1 Å². The molecule has 1 aromatic carbocycles. The van der Waals surface area contributed by atoms with Crippen LogP contribution >= 0.6 is 0 Å². The molecule has 1 aliphatic rings. The van der Waals surface area contributed by atoms with Crippen molar-refractivity contribution < 1.29 is 23.9 Å². The number of hydrogen-bond acceptors (Lipinski definition) is 4. The van der Waals surface area contributed by atoms with E-state index in [0.717, 1.165) is 49.9 Å². The molecule has 1 saturated heterocycles. The van der Waals surface area contributed by atoms with Gasteiger partial charge in [0.1, 0.15) is 24.6 Å². The minimum Gasteiger partial charge on any atom is -0.497 e. The molecule has 7 heteroatoms. The number of hydrogen-bond donors (Lipinski definition) is 1. The van der Waals surface area contributed by atoms with Crippen LogP contribution in [0.25, 0.3) is 0 Å². The van der Waals surface area contributed by atoms with Crippen LogP contribution in [0.15, 0.2) is 18.2 Å². The van der Waals surface area contributed by atoms with Gasteiger partial charge >= 0.3 is 6.03 Å². The van der Waals surface area contributed by atoms with Crippen LogP contribution in [0.4, 0.5) is 4.79 Å². The lowest BCUT2D eigenvalue weighted by molar-refractivity contribution is -0.907. The molecule has 0 bridgehead atoms. The molecule has 1 heterocycles. The maximum Gasteiger partial charge on any atom is 0.319 e. The first-order chi connectivity index (χ1) is 12.0. The predicted molar refractivity (Wildman–Crippen MR) is 95.4 cm³/mol. The number of nitrogens with zero attached hydrogens (tertiary/aromatic N) is 2. The smallest absolute Gasteiger partial charge is 0.319 e. The second-order valence-electron chi connectivity index (χ2n) is 6.39. The fourth-order valence-corrected chi connectivity index (χ4v) is 2.94. The number of amides is 2. The van der Waals surface area contributed by atoms with Crippen molar-refractivity contribution in [3.05, 3.63) is 23.8 Å². The summed E-state index contributed by atoms with van der Waals surface area (Å²) < 4.78 is 16.2. The van der Waals surface area contributed by atoms with Gasteiger partial charge in [-0.3, -0.25) is 0 Å². The summed E-state index contributed by atoms with van der Waals surface area (Å²) in [4.78, 5) is 17.6. The molecule has 7 nitrogen and oxygen atoms in total. The first kappa shape index (κ1) is 19.3. The Morgan fingerprint density at radius 1 is 1.20 bits per heavy atom. The summed E-state index contributed by atoms with van der Waals surface area (Å²) in [5, 5.41) is 0. The van der Waals surface area contributed by atoms with E-state index in [1.54, 1.807) is 33.2 Å². The molecule has 0 atom stereocenters. The fraction of sp³-hybridized carbons (Fsp3) is 0.611. The summed E-state index contributed by atoms with van der Waals surface area (Å²) in [7, 11) is 6.83. The van der Waals surface area contributed by atoms with Crippen molar-refractivity contribution in [1.29, 1.82) is 0 Å². The summed E-state index contributed by atoms with van der Waals surface area (Å²) in [5.74, 6) is 1.52. The fourth-order valence-electron chi connectivity index (χ4n) is 2.94. The van der Waals surface area contributed by atoms with Gasteiger partial charge in [-0.1, -0.05) is 0 Å². The molecule has 1 fully saturated rings. The molecule has 1 N–H and O–H groups in total. The molecular formula is C18H30N3O4+. The third-order valence-corrected chi connectivity index (χ3v) is 4.44. The molecule has 0 unspecified atom stereocenters. The minimum absolute atomic E-state index is 0.00228. The van der Waals surface area contributed by atoms with Crippen LogP contribution in [-0.4, -0.2) is 83.5 Å². The topological polar surface area (TPSA) is 55.7 Å². The third-order valence-electron chi connectivity index (χ3n) is 4.44. The predicted octanol–water partition coefficient (Wildman–Crippen LogP) is 0.103. The summed E-state index contributed by atoms with van der Waals surface area (Å²) >= 11 is 0. The van der Waals surface area contributed by atoms with Gasteiger partial charge in [-0.15, -0.1) is 0 Å². The van der Waals surface area contributed by atoms with Crippen LogP contribution < -0.4 is 14.4 Å². The second kappa shape index (κ2) is 9.48. The van der Waals surface area contributed by atoms with Crippen molar-refractivity contribution in [2.75, 3.05) is 67.7 Å². The Balaban J connectivity index is 2.11. The van der Waals surface area contributed by atoms with Crippen LogP contribution in [0.5, 0.6) is 11.5 Å². The first-order valence-corrected chi connectivity index (χ1v) is 8.63. The Kier molecular flexibility index (Phi) is 7.33. The maximum absolute atomic E-state index is 12.6. The summed E-state index contributed by atoms with van der Waals surface area (Å²) in [6.45, 7) is 5.66. The SMILES string of the molecule is COc1ccc(OC)c(CN(CC[NH+]2CCOCC2)C(=O)N(C)C)c1. The summed E-state index contributed by atoms with van der Waals surface area (Å²) in [6.07, 6.45) is 0. The van der Waals surface area contributed by atoms with Crippen LogP contribution in [0.1, 0.15) is 5.56 Å². The van der Waals surface area contributed by atoms with Gasteiger partial charge in [0.05, 0.1) is 47.1 Å². The molecule has 140 valence electrons. The molecule has 2 rings (SSSR count). The number of quaternary nitrogens is 1. The third kappa shape index (κ3) is 5.51. The van der Waals surface area contributed by atoms with Crippen LogP contribution in [0.2, 0.25) is 0 Å². The molecular weight excluding hydrogens is 322 g/mol. The van der Waals surface area contributed by atoms with Gasteiger partial charge in [0.25, 0.3) is 0 Å². The lowest BCUT2D eigenvalue weighted by atomic mass is 10.1. The van der Waals surface area contributed by atoms with Gasteiger partial charge in [-0.25, -0.2) is 4.79 Å². The zero-order valence-corrected chi connectivity index (χ0v) is 15.7. The largest absolute Gasteiger partial charge is 0.497 e. The molecule has 1 aromatic rings. The molecule has 0 aliphatic carbocycles. The Morgan fingerprint density at radius 3 is 2.52 bits per heavy atom. The highest BCUT2D eigenvalue weighted by molar-refractivity contribution is 5.74. The number of methoxy groups -OCH3 is 2. The van der Waals surface area contributed by atoms with E-state index in [1.165, 1.54) is 4.90 Å². The van der Waals surface area contributed by atoms with Crippen molar-refractivity contribution in [2.24, 2.45) is 0 Å². The zero-order chi connectivity index (χ0) is 18.2. The number of urea groups is 1. The molecule has 1 aliphatic heterocycles. The summed E-state index contributed by atoms with van der Waals surface area (Å²) in [6, 6.07) is 5.66. The Morgan fingerprint density at radius 2 is 1.92 bits per heavy atom. The second-order valence-corrected chi connectivity index (χ2v) is 6.39. The Labute approximate surface area is 150 Å². The highest BCUT2D eigenvalue weighted by Gasteiger charge is 2.21. The first-order valence-electron chi connectivity index (χ1n) is 8.63. The summed E-state index contributed by atoms with van der Waals surface area (Å²) in [5.41, 5.74) is 0.939. The van der Waals surface area contributed by atoms with Crippen molar-refractivity contribution in [2.45, 2.75) is 6.54 Å². The monoisotopic (exact) mass is 352 g/mol.